The molecule has 0 N–H and O–H groups in total. The normalized spacial score (nSPS) is 16.7. The van der Waals surface area contributed by atoms with E-state index in [4.69, 9.17) is 0 Å². The van der Waals surface area contributed by atoms with Crippen LogP contribution in [0.4, 0.5) is 4.39 Å². The minimum Gasteiger partial charge on any atom is -0.304 e. The SMILES string of the molecule is Cc1ccc(S(=O)(=O)n2ccc3cc(F)ccc32)cc1CN1CCN(C)CC1. The highest BCUT2D eigenvalue weighted by Crippen LogP contribution is 2.25. The summed E-state index contributed by atoms with van der Waals surface area (Å²) < 4.78 is 41.2. The van der Waals surface area contributed by atoms with Gasteiger partial charge in [0, 0.05) is 44.3 Å². The second-order valence-corrected chi connectivity index (χ2v) is 9.30. The van der Waals surface area contributed by atoms with Gasteiger partial charge in [-0.2, -0.15) is 0 Å². The van der Waals surface area contributed by atoms with Crippen molar-refractivity contribution >= 4 is 20.9 Å². The summed E-state index contributed by atoms with van der Waals surface area (Å²) in [5.41, 5.74) is 2.58. The highest BCUT2D eigenvalue weighted by Gasteiger charge is 2.21. The Kier molecular flexibility index (Phi) is 4.99. The van der Waals surface area contributed by atoms with E-state index in [9.17, 15) is 12.8 Å². The van der Waals surface area contributed by atoms with Gasteiger partial charge in [0.2, 0.25) is 0 Å². The van der Waals surface area contributed by atoms with Gasteiger partial charge < -0.3 is 4.90 Å². The lowest BCUT2D eigenvalue weighted by molar-refractivity contribution is 0.148. The predicted octanol–water partition coefficient (Wildman–Crippen LogP) is 3.07. The first kappa shape index (κ1) is 19.1. The van der Waals surface area contributed by atoms with Gasteiger partial charge in [-0.05, 0) is 61.5 Å². The van der Waals surface area contributed by atoms with Gasteiger partial charge >= 0.3 is 0 Å². The van der Waals surface area contributed by atoms with Crippen LogP contribution in [0.5, 0.6) is 0 Å². The molecule has 3 aromatic rings. The Morgan fingerprint density at radius 2 is 1.75 bits per heavy atom. The zero-order valence-electron chi connectivity index (χ0n) is 16.1. The van der Waals surface area contributed by atoms with Crippen molar-refractivity contribution in [2.45, 2.75) is 18.4 Å². The summed E-state index contributed by atoms with van der Waals surface area (Å²) in [4.78, 5) is 4.90. The quantitative estimate of drug-likeness (QED) is 0.674. The van der Waals surface area contributed by atoms with E-state index >= 15 is 0 Å². The van der Waals surface area contributed by atoms with Crippen LogP contribution in [0.25, 0.3) is 10.9 Å². The first-order valence-electron chi connectivity index (χ1n) is 9.37. The van der Waals surface area contributed by atoms with Crippen molar-refractivity contribution < 1.29 is 12.8 Å². The fraction of sp³-hybridized carbons (Fsp3) is 0.333. The third kappa shape index (κ3) is 3.57. The van der Waals surface area contributed by atoms with Gasteiger partial charge in [-0.15, -0.1) is 0 Å². The van der Waals surface area contributed by atoms with Gasteiger partial charge in [0.25, 0.3) is 10.0 Å². The molecule has 1 aliphatic rings. The average molecular weight is 402 g/mol. The second kappa shape index (κ2) is 7.31. The van der Waals surface area contributed by atoms with E-state index in [1.54, 1.807) is 18.2 Å². The molecule has 0 aliphatic carbocycles. The molecule has 28 heavy (non-hydrogen) atoms. The summed E-state index contributed by atoms with van der Waals surface area (Å²) in [5, 5.41) is 0.563. The minimum absolute atomic E-state index is 0.254. The van der Waals surface area contributed by atoms with Gasteiger partial charge in [0.1, 0.15) is 5.82 Å². The number of aromatic nitrogens is 1. The molecule has 0 spiro atoms. The van der Waals surface area contributed by atoms with Crippen LogP contribution in [0.1, 0.15) is 11.1 Å². The van der Waals surface area contributed by atoms with Gasteiger partial charge in [-0.1, -0.05) is 6.07 Å². The molecule has 0 unspecified atom stereocenters. The van der Waals surface area contributed by atoms with Crippen molar-refractivity contribution in [2.75, 3.05) is 33.2 Å². The lowest BCUT2D eigenvalue weighted by Crippen LogP contribution is -2.44. The van der Waals surface area contributed by atoms with Crippen LogP contribution >= 0.6 is 0 Å². The van der Waals surface area contributed by atoms with E-state index in [1.807, 2.05) is 13.0 Å². The molecule has 5 nitrogen and oxygen atoms in total. The van der Waals surface area contributed by atoms with E-state index in [0.717, 1.165) is 43.9 Å². The van der Waals surface area contributed by atoms with Crippen LogP contribution < -0.4 is 0 Å². The van der Waals surface area contributed by atoms with Gasteiger partial charge in [-0.3, -0.25) is 4.90 Å². The maximum Gasteiger partial charge on any atom is 0.268 e. The van der Waals surface area contributed by atoms with Crippen molar-refractivity contribution in [3.05, 3.63) is 65.6 Å². The third-order valence-corrected chi connectivity index (χ3v) is 7.17. The molecule has 1 aliphatic heterocycles. The number of rotatable bonds is 4. The first-order valence-corrected chi connectivity index (χ1v) is 10.8. The van der Waals surface area contributed by atoms with Gasteiger partial charge in [0.05, 0.1) is 10.4 Å². The molecular weight excluding hydrogens is 377 g/mol. The van der Waals surface area contributed by atoms with Crippen LogP contribution in [-0.2, 0) is 16.6 Å². The van der Waals surface area contributed by atoms with Gasteiger partial charge in [-0.25, -0.2) is 16.8 Å². The number of benzene rings is 2. The first-order chi connectivity index (χ1) is 13.3. The lowest BCUT2D eigenvalue weighted by Gasteiger charge is -2.32. The number of hydrogen-bond acceptors (Lipinski definition) is 4. The standard InChI is InChI=1S/C21H24FN3O2S/c1-16-3-5-20(14-18(16)15-24-11-9-23(2)10-12-24)28(26,27)25-8-7-17-13-19(22)4-6-21(17)25/h3-8,13-14H,9-12,15H2,1-2H3. The predicted molar refractivity (Wildman–Crippen MR) is 108 cm³/mol. The molecule has 2 heterocycles. The van der Waals surface area contributed by atoms with E-state index in [0.29, 0.717) is 10.9 Å². The summed E-state index contributed by atoms with van der Waals surface area (Å²) >= 11 is 0. The molecule has 0 amide bonds. The zero-order chi connectivity index (χ0) is 19.9. The number of piperazine rings is 1. The van der Waals surface area contributed by atoms with Crippen LogP contribution in [0.2, 0.25) is 0 Å². The Morgan fingerprint density at radius 1 is 1.00 bits per heavy atom. The van der Waals surface area contributed by atoms with E-state index in [1.165, 1.54) is 28.4 Å². The topological polar surface area (TPSA) is 45.6 Å². The number of fused-ring (bicyclic) bond motifs is 1. The minimum atomic E-state index is -3.76. The molecule has 4 rings (SSSR count). The molecular formula is C21H24FN3O2S. The molecule has 7 heteroatoms. The highest BCUT2D eigenvalue weighted by molar-refractivity contribution is 7.90. The third-order valence-electron chi connectivity index (χ3n) is 5.48. The van der Waals surface area contributed by atoms with Crippen LogP contribution in [0.3, 0.4) is 0 Å². The van der Waals surface area contributed by atoms with E-state index in [2.05, 4.69) is 16.8 Å². The Hall–Kier alpha value is -2.22. The van der Waals surface area contributed by atoms with Crippen LogP contribution in [0, 0.1) is 12.7 Å². The Labute approximate surface area is 165 Å². The second-order valence-electron chi connectivity index (χ2n) is 7.49. The fourth-order valence-electron chi connectivity index (χ4n) is 3.64. The smallest absolute Gasteiger partial charge is 0.268 e. The maximum atomic E-state index is 13.4. The van der Waals surface area contributed by atoms with E-state index < -0.39 is 10.0 Å². The Morgan fingerprint density at radius 3 is 2.50 bits per heavy atom. The molecule has 1 saturated heterocycles. The van der Waals surface area contributed by atoms with Crippen molar-refractivity contribution in [1.82, 2.24) is 13.8 Å². The largest absolute Gasteiger partial charge is 0.304 e. The fourth-order valence-corrected chi connectivity index (χ4v) is 5.04. The molecule has 0 saturated carbocycles. The van der Waals surface area contributed by atoms with Crippen LogP contribution in [0.15, 0.2) is 53.6 Å². The van der Waals surface area contributed by atoms with Crippen molar-refractivity contribution in [3.63, 3.8) is 0 Å². The number of aryl methyl sites for hydroxylation is 1. The van der Waals surface area contributed by atoms with Crippen LogP contribution in [-0.4, -0.2) is 55.4 Å². The summed E-state index contributed by atoms with van der Waals surface area (Å²) in [7, 11) is -1.64. The number of nitrogens with zero attached hydrogens (tertiary/aromatic N) is 3. The maximum absolute atomic E-state index is 13.4. The number of hydrogen-bond donors (Lipinski definition) is 0. The molecule has 1 aromatic heterocycles. The molecule has 0 radical (unpaired) electrons. The highest BCUT2D eigenvalue weighted by atomic mass is 32.2. The molecule has 0 bridgehead atoms. The molecule has 2 aromatic carbocycles. The number of halogens is 1. The zero-order valence-corrected chi connectivity index (χ0v) is 16.9. The monoisotopic (exact) mass is 401 g/mol. The van der Waals surface area contributed by atoms with Crippen molar-refractivity contribution in [3.8, 4) is 0 Å². The average Bonchev–Trinajstić information content (AvgIpc) is 3.09. The molecule has 148 valence electrons. The summed E-state index contributed by atoms with van der Waals surface area (Å²) in [6.07, 6.45) is 1.49. The molecule has 1 fully saturated rings. The lowest BCUT2D eigenvalue weighted by atomic mass is 10.1. The summed E-state index contributed by atoms with van der Waals surface area (Å²) in [6.45, 7) is 6.73. The van der Waals surface area contributed by atoms with Crippen molar-refractivity contribution in [1.29, 1.82) is 0 Å². The van der Waals surface area contributed by atoms with Crippen molar-refractivity contribution in [2.24, 2.45) is 0 Å². The summed E-state index contributed by atoms with van der Waals surface area (Å²) in [5.74, 6) is -0.382. The van der Waals surface area contributed by atoms with Gasteiger partial charge in [0.15, 0.2) is 0 Å². The van der Waals surface area contributed by atoms with E-state index in [-0.39, 0.29) is 10.7 Å². The Balaban J connectivity index is 1.68. The molecule has 0 atom stereocenters. The summed E-state index contributed by atoms with van der Waals surface area (Å²) in [6, 6.07) is 11.0. The Bertz CT molecular complexity index is 1120. The number of likely N-dealkylation sites (N-methyl/N-ethyl adjacent to an activating group) is 1.